The van der Waals surface area contributed by atoms with E-state index in [4.69, 9.17) is 0 Å². The van der Waals surface area contributed by atoms with Crippen LogP contribution in [0.2, 0.25) is 0 Å². The molecular formula is C10H17N3O. The van der Waals surface area contributed by atoms with Crippen molar-refractivity contribution in [2.24, 2.45) is 13.0 Å². The molecule has 2 rings (SSSR count). The average Bonchev–Trinajstić information content (AvgIpc) is 2.90. The van der Waals surface area contributed by atoms with Gasteiger partial charge in [-0.15, -0.1) is 0 Å². The van der Waals surface area contributed by atoms with Gasteiger partial charge in [-0.3, -0.25) is 4.68 Å². The normalized spacial score (nSPS) is 18.4. The first-order chi connectivity index (χ1) is 6.79. The van der Waals surface area contributed by atoms with Gasteiger partial charge in [0.1, 0.15) is 0 Å². The lowest BCUT2D eigenvalue weighted by Crippen LogP contribution is -2.26. The van der Waals surface area contributed by atoms with Crippen LogP contribution in [0.1, 0.15) is 24.4 Å². The highest BCUT2D eigenvalue weighted by molar-refractivity contribution is 5.10. The van der Waals surface area contributed by atoms with Crippen LogP contribution in [0.5, 0.6) is 0 Å². The van der Waals surface area contributed by atoms with Gasteiger partial charge < -0.3 is 10.4 Å². The van der Waals surface area contributed by atoms with E-state index in [1.54, 1.807) is 10.9 Å². The Kier molecular flexibility index (Phi) is 2.84. The Balaban J connectivity index is 1.90. The highest BCUT2D eigenvalue weighted by atomic mass is 16.3. The molecule has 78 valence electrons. The Labute approximate surface area is 83.9 Å². The maximum Gasteiger partial charge on any atom is 0.0627 e. The van der Waals surface area contributed by atoms with Gasteiger partial charge in [0.05, 0.1) is 18.8 Å². The predicted molar refractivity (Wildman–Crippen MR) is 53.8 cm³/mol. The smallest absolute Gasteiger partial charge is 0.0627 e. The van der Waals surface area contributed by atoms with E-state index in [9.17, 15) is 5.11 Å². The van der Waals surface area contributed by atoms with E-state index in [2.05, 4.69) is 10.4 Å². The molecule has 14 heavy (non-hydrogen) atoms. The lowest BCUT2D eigenvalue weighted by molar-refractivity contribution is 0.243. The Hall–Kier alpha value is -0.870. The summed E-state index contributed by atoms with van der Waals surface area (Å²) in [5.74, 6) is 0.834. The third-order valence-electron chi connectivity index (χ3n) is 2.66. The van der Waals surface area contributed by atoms with Crippen LogP contribution in [0.3, 0.4) is 0 Å². The summed E-state index contributed by atoms with van der Waals surface area (Å²) in [4.78, 5) is 0. The molecular weight excluding hydrogens is 178 g/mol. The minimum atomic E-state index is 0.0456. The highest BCUT2D eigenvalue weighted by Crippen LogP contribution is 2.28. The third kappa shape index (κ3) is 2.33. The number of aliphatic hydroxyl groups excluding tert-OH is 1. The molecule has 1 heterocycles. The van der Waals surface area contributed by atoms with Crippen LogP contribution in [-0.2, 0) is 7.05 Å². The summed E-state index contributed by atoms with van der Waals surface area (Å²) in [6, 6.07) is 0.0456. The summed E-state index contributed by atoms with van der Waals surface area (Å²) in [5, 5.41) is 16.7. The third-order valence-corrected chi connectivity index (χ3v) is 2.66. The lowest BCUT2D eigenvalue weighted by atomic mass is 10.1. The van der Waals surface area contributed by atoms with Crippen molar-refractivity contribution in [1.29, 1.82) is 0 Å². The van der Waals surface area contributed by atoms with Crippen LogP contribution in [-0.4, -0.2) is 28.0 Å². The van der Waals surface area contributed by atoms with Crippen molar-refractivity contribution in [3.05, 3.63) is 18.0 Å². The Morgan fingerprint density at radius 3 is 3.00 bits per heavy atom. The Bertz CT molecular complexity index is 293. The molecule has 1 saturated carbocycles. The van der Waals surface area contributed by atoms with Crippen molar-refractivity contribution in [2.75, 3.05) is 13.2 Å². The van der Waals surface area contributed by atoms with Crippen molar-refractivity contribution >= 4 is 0 Å². The zero-order valence-electron chi connectivity index (χ0n) is 8.48. The van der Waals surface area contributed by atoms with Gasteiger partial charge in [-0.05, 0) is 25.3 Å². The number of nitrogens with one attached hydrogen (secondary N) is 1. The monoisotopic (exact) mass is 195 g/mol. The molecule has 1 aromatic rings. The second-order valence-corrected chi connectivity index (χ2v) is 4.03. The molecule has 0 bridgehead atoms. The van der Waals surface area contributed by atoms with Crippen LogP contribution >= 0.6 is 0 Å². The van der Waals surface area contributed by atoms with Crippen molar-refractivity contribution < 1.29 is 5.11 Å². The second kappa shape index (κ2) is 4.11. The van der Waals surface area contributed by atoms with Gasteiger partial charge in [-0.2, -0.15) is 5.10 Å². The molecule has 1 aromatic heterocycles. The first-order valence-electron chi connectivity index (χ1n) is 5.12. The highest BCUT2D eigenvalue weighted by Gasteiger charge is 2.22. The van der Waals surface area contributed by atoms with E-state index in [1.807, 2.05) is 13.2 Å². The quantitative estimate of drug-likeness (QED) is 0.717. The lowest BCUT2D eigenvalue weighted by Gasteiger charge is -2.13. The van der Waals surface area contributed by atoms with Crippen molar-refractivity contribution in [2.45, 2.75) is 18.9 Å². The molecule has 1 aliphatic carbocycles. The molecule has 4 heteroatoms. The molecule has 1 unspecified atom stereocenters. The van der Waals surface area contributed by atoms with Gasteiger partial charge in [0.2, 0.25) is 0 Å². The maximum absolute atomic E-state index is 9.22. The van der Waals surface area contributed by atoms with Crippen LogP contribution < -0.4 is 5.32 Å². The molecule has 2 N–H and O–H groups in total. The predicted octanol–water partition coefficient (Wildman–Crippen LogP) is 0.453. The summed E-state index contributed by atoms with van der Waals surface area (Å²) >= 11 is 0. The number of aromatic nitrogens is 2. The first-order valence-corrected chi connectivity index (χ1v) is 5.12. The summed E-state index contributed by atoms with van der Waals surface area (Å²) in [5.41, 5.74) is 1.07. The van der Waals surface area contributed by atoms with Gasteiger partial charge in [-0.25, -0.2) is 0 Å². The Morgan fingerprint density at radius 1 is 1.71 bits per heavy atom. The number of nitrogens with zero attached hydrogens (tertiary/aromatic N) is 2. The topological polar surface area (TPSA) is 50.1 Å². The van der Waals surface area contributed by atoms with Gasteiger partial charge in [-0.1, -0.05) is 0 Å². The molecule has 0 saturated heterocycles. The molecule has 0 amide bonds. The standard InChI is InChI=1S/C10H17N3O/c1-13-6-9(5-12-13)10(7-14)11-4-8-2-3-8/h5-6,8,10-11,14H,2-4,7H2,1H3. The summed E-state index contributed by atoms with van der Waals surface area (Å²) in [7, 11) is 1.89. The molecule has 1 aliphatic rings. The molecule has 0 aromatic carbocycles. The summed E-state index contributed by atoms with van der Waals surface area (Å²) < 4.78 is 1.76. The van der Waals surface area contributed by atoms with E-state index >= 15 is 0 Å². The fraction of sp³-hybridized carbons (Fsp3) is 0.700. The van der Waals surface area contributed by atoms with Gasteiger partial charge in [0, 0.05) is 18.8 Å². The molecule has 0 spiro atoms. The Morgan fingerprint density at radius 2 is 2.50 bits per heavy atom. The summed E-state index contributed by atoms with van der Waals surface area (Å²) in [6.45, 7) is 1.15. The van der Waals surface area contributed by atoms with Gasteiger partial charge in [0.15, 0.2) is 0 Å². The van der Waals surface area contributed by atoms with E-state index in [0.29, 0.717) is 0 Å². The maximum atomic E-state index is 9.22. The summed E-state index contributed by atoms with van der Waals surface area (Å²) in [6.07, 6.45) is 6.41. The van der Waals surface area contributed by atoms with E-state index in [0.717, 1.165) is 18.0 Å². The van der Waals surface area contributed by atoms with E-state index < -0.39 is 0 Å². The van der Waals surface area contributed by atoms with Crippen molar-refractivity contribution in [3.63, 3.8) is 0 Å². The van der Waals surface area contributed by atoms with E-state index in [1.165, 1.54) is 12.8 Å². The SMILES string of the molecule is Cn1cc(C(CO)NCC2CC2)cn1. The van der Waals surface area contributed by atoms with Crippen LogP contribution in [0.4, 0.5) is 0 Å². The van der Waals surface area contributed by atoms with Crippen molar-refractivity contribution in [1.82, 2.24) is 15.1 Å². The van der Waals surface area contributed by atoms with E-state index in [-0.39, 0.29) is 12.6 Å². The zero-order chi connectivity index (χ0) is 9.97. The van der Waals surface area contributed by atoms with Crippen LogP contribution in [0.15, 0.2) is 12.4 Å². The minimum absolute atomic E-state index is 0.0456. The number of aryl methyl sites for hydroxylation is 1. The van der Waals surface area contributed by atoms with Crippen molar-refractivity contribution in [3.8, 4) is 0 Å². The number of hydrogen-bond donors (Lipinski definition) is 2. The number of rotatable bonds is 5. The van der Waals surface area contributed by atoms with Crippen LogP contribution in [0.25, 0.3) is 0 Å². The van der Waals surface area contributed by atoms with Gasteiger partial charge >= 0.3 is 0 Å². The fourth-order valence-electron chi connectivity index (χ4n) is 1.54. The first kappa shape index (κ1) is 9.68. The molecule has 1 atom stereocenters. The molecule has 0 radical (unpaired) electrons. The second-order valence-electron chi connectivity index (χ2n) is 4.03. The largest absolute Gasteiger partial charge is 0.394 e. The number of aliphatic hydroxyl groups is 1. The zero-order valence-corrected chi connectivity index (χ0v) is 8.48. The fourth-order valence-corrected chi connectivity index (χ4v) is 1.54. The average molecular weight is 195 g/mol. The molecule has 4 nitrogen and oxygen atoms in total. The van der Waals surface area contributed by atoms with Gasteiger partial charge in [0.25, 0.3) is 0 Å². The van der Waals surface area contributed by atoms with Crippen LogP contribution in [0, 0.1) is 5.92 Å². The minimum Gasteiger partial charge on any atom is -0.394 e. The number of hydrogen-bond acceptors (Lipinski definition) is 3. The molecule has 1 fully saturated rings. The molecule has 0 aliphatic heterocycles.